The van der Waals surface area contributed by atoms with E-state index in [4.69, 9.17) is 4.55 Å². The van der Waals surface area contributed by atoms with Crippen LogP contribution in [0, 0.1) is 0 Å². The van der Waals surface area contributed by atoms with Gasteiger partial charge in [0.25, 0.3) is 10.1 Å². The van der Waals surface area contributed by atoms with Crippen LogP contribution in [0.5, 0.6) is 0 Å². The van der Waals surface area contributed by atoms with E-state index in [-0.39, 0.29) is 13.3 Å². The molecule has 1 N–H and O–H groups in total. The molecule has 0 fully saturated rings. The predicted molar refractivity (Wildman–Crippen MR) is 71.9 cm³/mol. The van der Waals surface area contributed by atoms with Crippen molar-refractivity contribution in [3.8, 4) is 0 Å². The van der Waals surface area contributed by atoms with Crippen LogP contribution in [0.4, 0.5) is 39.6 Å². The van der Waals surface area contributed by atoms with Gasteiger partial charge in [-0.05, 0) is 18.4 Å². The minimum absolute atomic E-state index is 0.250. The van der Waals surface area contributed by atoms with Crippen LogP contribution in [-0.4, -0.2) is 56.8 Å². The highest BCUT2D eigenvalue weighted by atomic mass is 32.2. The molecule has 162 valence electrons. The van der Waals surface area contributed by atoms with Gasteiger partial charge < -0.3 is 4.74 Å². The molecule has 0 heterocycles. The molecule has 0 amide bonds. The summed E-state index contributed by atoms with van der Waals surface area (Å²) < 4.78 is 134. The second-order valence-corrected chi connectivity index (χ2v) is 5.96. The zero-order valence-corrected chi connectivity index (χ0v) is 14.4. The van der Waals surface area contributed by atoms with Crippen LogP contribution in [0.1, 0.15) is 26.7 Å². The molecule has 0 aromatic rings. The van der Waals surface area contributed by atoms with Gasteiger partial charge in [-0.25, -0.2) is 8.78 Å². The van der Waals surface area contributed by atoms with Crippen LogP contribution in [-0.2, 0) is 19.8 Å². The summed E-state index contributed by atoms with van der Waals surface area (Å²) in [5.74, 6) is -4.96. The summed E-state index contributed by atoms with van der Waals surface area (Å²) in [6.45, 7) is 0.999. The van der Waals surface area contributed by atoms with E-state index in [9.17, 15) is 48.1 Å². The minimum Gasteiger partial charge on any atom is -0.381 e. The second-order valence-electron chi connectivity index (χ2n) is 4.51. The van der Waals surface area contributed by atoms with Crippen molar-refractivity contribution in [2.24, 2.45) is 0 Å². The van der Waals surface area contributed by atoms with Gasteiger partial charge in [0.05, 0.1) is 26.3 Å². The van der Waals surface area contributed by atoms with Crippen molar-refractivity contribution in [3.63, 3.8) is 0 Å². The van der Waals surface area contributed by atoms with Crippen molar-refractivity contribution in [1.29, 1.82) is 0 Å². The first-order chi connectivity index (χ1) is 11.4. The average Bonchev–Trinajstić information content (AvgIpc) is 2.34. The van der Waals surface area contributed by atoms with Crippen molar-refractivity contribution >= 4 is 10.1 Å². The van der Waals surface area contributed by atoms with E-state index in [1.807, 2.05) is 4.94 Å². The molecular weight excluding hydrogens is 415 g/mol. The number of ether oxygens (including phenoxy) is 1. The van der Waals surface area contributed by atoms with Crippen molar-refractivity contribution in [2.45, 2.75) is 44.9 Å². The zero-order chi connectivity index (χ0) is 21.7. The van der Waals surface area contributed by atoms with Gasteiger partial charge in [0.2, 0.25) is 5.92 Å². The number of halogens is 9. The Bertz CT molecular complexity index is 418. The Morgan fingerprint density at radius 3 is 1.58 bits per heavy atom. The molecule has 0 saturated heterocycles. The highest BCUT2D eigenvalue weighted by Crippen LogP contribution is 2.20. The smallest absolute Gasteiger partial charge is 0.381 e. The van der Waals surface area contributed by atoms with Crippen LogP contribution < -0.4 is 0 Å². The summed E-state index contributed by atoms with van der Waals surface area (Å²) in [7, 11) is -4.91. The summed E-state index contributed by atoms with van der Waals surface area (Å²) in [5.41, 5.74) is 0. The second kappa shape index (κ2) is 13.4. The Labute approximate surface area is 144 Å². The third kappa shape index (κ3) is 34.5. The number of alkyl halides is 8. The summed E-state index contributed by atoms with van der Waals surface area (Å²) in [6.07, 6.45) is -10.4. The van der Waals surface area contributed by atoms with E-state index in [2.05, 4.69) is 4.74 Å². The van der Waals surface area contributed by atoms with Gasteiger partial charge in [0.1, 0.15) is 0 Å². The van der Waals surface area contributed by atoms with Gasteiger partial charge in [0.15, 0.2) is 5.75 Å². The van der Waals surface area contributed by atoms with Gasteiger partial charge in [-0.3, -0.25) is 8.94 Å². The molecule has 0 aromatic carbocycles. The normalized spacial score (nSPS) is 12.6. The molecule has 0 spiro atoms. The van der Waals surface area contributed by atoms with Crippen LogP contribution in [0.15, 0.2) is 0 Å². The summed E-state index contributed by atoms with van der Waals surface area (Å²) in [5, 5.41) is 0. The lowest BCUT2D eigenvalue weighted by Gasteiger charge is -2.10. The molecule has 15 heteroatoms. The van der Waals surface area contributed by atoms with Gasteiger partial charge in [0, 0.05) is 6.42 Å². The monoisotopic (exact) mass is 434 g/mol. The Hall–Kier alpha value is -0.800. The Balaban J connectivity index is -0.000000362. The Kier molecular flexibility index (Phi) is 15.4. The zero-order valence-electron chi connectivity index (χ0n) is 13.6. The topological polar surface area (TPSA) is 72.8 Å². The SMILES string of the molecule is CC(F)(F)CCOCCC(F)(F)F.CCF.O=S(=O)(O)CC(F)(F)OF. The summed E-state index contributed by atoms with van der Waals surface area (Å²) in [4.78, 5) is 1.94. The molecule has 0 aliphatic rings. The third-order valence-electron chi connectivity index (χ3n) is 1.68. The van der Waals surface area contributed by atoms with Crippen molar-refractivity contribution < 1.29 is 62.3 Å². The molecule has 0 radical (unpaired) electrons. The van der Waals surface area contributed by atoms with Crippen LogP contribution in [0.3, 0.4) is 0 Å². The maximum absolute atomic E-state index is 12.1. The van der Waals surface area contributed by atoms with Gasteiger partial charge in [-0.1, -0.05) is 0 Å². The molecule has 26 heavy (non-hydrogen) atoms. The van der Waals surface area contributed by atoms with Gasteiger partial charge in [-0.2, -0.15) is 30.4 Å². The lowest BCUT2D eigenvalue weighted by Crippen LogP contribution is -2.27. The largest absolute Gasteiger partial charge is 0.402 e. The minimum atomic E-state index is -4.91. The molecule has 0 rings (SSSR count). The highest BCUT2D eigenvalue weighted by Gasteiger charge is 2.37. The van der Waals surface area contributed by atoms with E-state index in [1.54, 1.807) is 0 Å². The fraction of sp³-hybridized carbons (Fsp3) is 1.00. The van der Waals surface area contributed by atoms with Crippen LogP contribution >= 0.6 is 0 Å². The molecule has 0 atom stereocenters. The first-order valence-corrected chi connectivity index (χ1v) is 8.21. The average molecular weight is 434 g/mol. The van der Waals surface area contributed by atoms with E-state index in [1.165, 1.54) is 6.92 Å². The first kappa shape index (κ1) is 29.9. The number of hydrogen-bond acceptors (Lipinski definition) is 4. The quantitative estimate of drug-likeness (QED) is 0.350. The number of hydrogen-bond donors (Lipinski definition) is 1. The molecular formula is C11H19F9O5S. The lowest BCUT2D eigenvalue weighted by atomic mass is 10.3. The molecule has 0 aliphatic heterocycles. The molecule has 0 aliphatic carbocycles. The van der Waals surface area contributed by atoms with Gasteiger partial charge in [-0.15, -0.1) is 4.94 Å². The fourth-order valence-corrected chi connectivity index (χ4v) is 1.25. The fourth-order valence-electron chi connectivity index (χ4n) is 0.776. The van der Waals surface area contributed by atoms with E-state index < -0.39 is 53.5 Å². The predicted octanol–water partition coefficient (Wildman–Crippen LogP) is 4.34. The summed E-state index contributed by atoms with van der Waals surface area (Å²) in [6, 6.07) is 0. The molecule has 0 saturated carbocycles. The van der Waals surface area contributed by atoms with Crippen molar-refractivity contribution in [2.75, 3.05) is 25.6 Å². The third-order valence-corrected chi connectivity index (χ3v) is 2.38. The highest BCUT2D eigenvalue weighted by molar-refractivity contribution is 7.85. The first-order valence-electron chi connectivity index (χ1n) is 6.60. The lowest BCUT2D eigenvalue weighted by molar-refractivity contribution is -0.342. The van der Waals surface area contributed by atoms with E-state index in [0.717, 1.165) is 0 Å². The van der Waals surface area contributed by atoms with Crippen molar-refractivity contribution in [1.82, 2.24) is 0 Å². The molecule has 0 unspecified atom stereocenters. The van der Waals surface area contributed by atoms with Crippen molar-refractivity contribution in [3.05, 3.63) is 0 Å². The van der Waals surface area contributed by atoms with Crippen LogP contribution in [0.25, 0.3) is 0 Å². The summed E-state index contributed by atoms with van der Waals surface area (Å²) >= 11 is 0. The molecule has 0 bridgehead atoms. The standard InChI is InChI=1S/C7H11F5O.C2H3F3O4S.C2H5F/c1-6(8,9)2-4-13-5-3-7(10,11)12;3-2(4,9-5)1-10(6,7)8;1-2-3/h2-5H2,1H3;1H2,(H,6,7,8);2H2,1H3. The van der Waals surface area contributed by atoms with E-state index in [0.29, 0.717) is 6.92 Å². The maximum Gasteiger partial charge on any atom is 0.402 e. The maximum atomic E-state index is 12.1. The van der Waals surface area contributed by atoms with Gasteiger partial charge >= 0.3 is 12.3 Å². The van der Waals surface area contributed by atoms with E-state index >= 15 is 0 Å². The number of rotatable bonds is 8. The Morgan fingerprint density at radius 2 is 1.35 bits per heavy atom. The molecule has 0 aromatic heterocycles. The Morgan fingerprint density at radius 1 is 0.962 bits per heavy atom. The van der Waals surface area contributed by atoms with Crippen LogP contribution in [0.2, 0.25) is 0 Å². The molecule has 5 nitrogen and oxygen atoms in total.